The zero-order chi connectivity index (χ0) is 9.35. The lowest BCUT2D eigenvalue weighted by Gasteiger charge is -2.13. The Balaban J connectivity index is 3.13. The fourth-order valence-electron chi connectivity index (χ4n) is 0.838. The van der Waals surface area contributed by atoms with Crippen molar-refractivity contribution in [3.05, 3.63) is 15.6 Å². The summed E-state index contributed by atoms with van der Waals surface area (Å²) in [6, 6.07) is 0. The highest BCUT2D eigenvalue weighted by Gasteiger charge is 2.19. The summed E-state index contributed by atoms with van der Waals surface area (Å²) >= 11 is 1.49. The van der Waals surface area contributed by atoms with Gasteiger partial charge >= 0.3 is 0 Å². The molecule has 2 nitrogen and oxygen atoms in total. The molecule has 0 fully saturated rings. The summed E-state index contributed by atoms with van der Waals surface area (Å²) in [5, 5.41) is 1.03. The van der Waals surface area contributed by atoms with Crippen LogP contribution >= 0.6 is 11.3 Å². The fourth-order valence-corrected chi connectivity index (χ4v) is 1.78. The molecule has 1 rings (SSSR count). The van der Waals surface area contributed by atoms with Crippen molar-refractivity contribution < 1.29 is 4.79 Å². The third kappa shape index (κ3) is 1.72. The second kappa shape index (κ2) is 2.98. The van der Waals surface area contributed by atoms with Crippen molar-refractivity contribution in [3.8, 4) is 0 Å². The lowest BCUT2D eigenvalue weighted by Crippen LogP contribution is -2.10. The molecular weight excluding hydrogens is 170 g/mol. The van der Waals surface area contributed by atoms with Gasteiger partial charge in [0, 0.05) is 5.41 Å². The van der Waals surface area contributed by atoms with Gasteiger partial charge < -0.3 is 0 Å². The zero-order valence-corrected chi connectivity index (χ0v) is 8.66. The van der Waals surface area contributed by atoms with Crippen molar-refractivity contribution in [3.63, 3.8) is 0 Å². The molecule has 0 saturated heterocycles. The Labute approximate surface area is 76.6 Å². The first-order valence-corrected chi connectivity index (χ1v) is 4.70. The van der Waals surface area contributed by atoms with Gasteiger partial charge in [0.2, 0.25) is 0 Å². The topological polar surface area (TPSA) is 30.0 Å². The van der Waals surface area contributed by atoms with Gasteiger partial charge in [0.15, 0.2) is 6.29 Å². The first-order chi connectivity index (χ1) is 5.45. The van der Waals surface area contributed by atoms with Gasteiger partial charge in [-0.1, -0.05) is 20.8 Å². The van der Waals surface area contributed by atoms with E-state index in [9.17, 15) is 4.79 Å². The first-order valence-electron chi connectivity index (χ1n) is 3.88. The average molecular weight is 183 g/mol. The van der Waals surface area contributed by atoms with E-state index < -0.39 is 0 Å². The molecule has 0 aliphatic rings. The molecule has 0 unspecified atom stereocenters. The number of aromatic nitrogens is 1. The number of rotatable bonds is 1. The average Bonchev–Trinajstić information content (AvgIpc) is 2.29. The molecule has 3 heteroatoms. The monoisotopic (exact) mass is 183 g/mol. The molecule has 0 amide bonds. The molecule has 0 saturated carbocycles. The number of hydrogen-bond donors (Lipinski definition) is 0. The Hall–Kier alpha value is -0.700. The molecule has 12 heavy (non-hydrogen) atoms. The molecule has 0 aliphatic carbocycles. The summed E-state index contributed by atoms with van der Waals surface area (Å²) in [5.41, 5.74) is 0.899. The summed E-state index contributed by atoms with van der Waals surface area (Å²) in [4.78, 5) is 15.6. The highest BCUT2D eigenvalue weighted by Crippen LogP contribution is 2.27. The van der Waals surface area contributed by atoms with Crippen molar-refractivity contribution in [2.45, 2.75) is 33.1 Å². The lowest BCUT2D eigenvalue weighted by atomic mass is 9.98. The maximum absolute atomic E-state index is 10.5. The Morgan fingerprint density at radius 1 is 1.42 bits per heavy atom. The van der Waals surface area contributed by atoms with Gasteiger partial charge in [-0.05, 0) is 6.92 Å². The lowest BCUT2D eigenvalue weighted by molar-refractivity contribution is 0.112. The van der Waals surface area contributed by atoms with Crippen LogP contribution in [0.4, 0.5) is 0 Å². The van der Waals surface area contributed by atoms with Crippen LogP contribution in [-0.2, 0) is 5.41 Å². The Kier molecular flexibility index (Phi) is 2.33. The fraction of sp³-hybridized carbons (Fsp3) is 0.556. The normalized spacial score (nSPS) is 11.7. The van der Waals surface area contributed by atoms with Crippen LogP contribution in [0.2, 0.25) is 0 Å². The molecular formula is C9H13NOS. The Morgan fingerprint density at radius 3 is 2.25 bits per heavy atom. The number of carbonyl (C=O) groups excluding carboxylic acids is 1. The van der Waals surface area contributed by atoms with Crippen LogP contribution in [0.25, 0.3) is 0 Å². The van der Waals surface area contributed by atoms with Gasteiger partial charge in [-0.15, -0.1) is 11.3 Å². The minimum Gasteiger partial charge on any atom is -0.297 e. The maximum atomic E-state index is 10.5. The van der Waals surface area contributed by atoms with E-state index >= 15 is 0 Å². The number of nitrogens with zero attached hydrogens (tertiary/aromatic N) is 1. The standard InChI is InChI=1S/C9H13NOS/c1-6-7(5-11)12-8(10-6)9(2,3)4/h5H,1-4H3. The molecule has 0 aromatic carbocycles. The van der Waals surface area contributed by atoms with E-state index in [1.54, 1.807) is 0 Å². The third-order valence-corrected chi connectivity index (χ3v) is 3.09. The van der Waals surface area contributed by atoms with Gasteiger partial charge in [0.25, 0.3) is 0 Å². The molecule has 66 valence electrons. The quantitative estimate of drug-likeness (QED) is 0.626. The van der Waals surface area contributed by atoms with Crippen molar-refractivity contribution in [1.29, 1.82) is 0 Å². The van der Waals surface area contributed by atoms with E-state index in [0.717, 1.165) is 21.9 Å². The SMILES string of the molecule is Cc1nc(C(C)(C)C)sc1C=O. The van der Waals surface area contributed by atoms with Crippen LogP contribution in [0.1, 0.15) is 41.1 Å². The molecule has 0 bridgehead atoms. The zero-order valence-electron chi connectivity index (χ0n) is 7.84. The van der Waals surface area contributed by atoms with E-state index in [2.05, 4.69) is 25.8 Å². The minimum atomic E-state index is 0.0523. The van der Waals surface area contributed by atoms with Crippen molar-refractivity contribution in [2.75, 3.05) is 0 Å². The van der Waals surface area contributed by atoms with Crippen LogP contribution in [-0.4, -0.2) is 11.3 Å². The van der Waals surface area contributed by atoms with E-state index in [1.165, 1.54) is 11.3 Å². The second-order valence-corrected chi connectivity index (χ2v) is 4.87. The smallest absolute Gasteiger partial charge is 0.161 e. The number of aldehydes is 1. The van der Waals surface area contributed by atoms with Gasteiger partial charge in [0.1, 0.15) is 0 Å². The van der Waals surface area contributed by atoms with E-state index in [4.69, 9.17) is 0 Å². The molecule has 0 aliphatic heterocycles. The highest BCUT2D eigenvalue weighted by molar-refractivity contribution is 7.13. The molecule has 0 spiro atoms. The summed E-state index contributed by atoms with van der Waals surface area (Å²) in [5.74, 6) is 0. The minimum absolute atomic E-state index is 0.0523. The van der Waals surface area contributed by atoms with Crippen LogP contribution < -0.4 is 0 Å². The summed E-state index contributed by atoms with van der Waals surface area (Å²) < 4.78 is 0. The van der Waals surface area contributed by atoms with Crippen LogP contribution in [0.15, 0.2) is 0 Å². The first kappa shape index (κ1) is 9.39. The summed E-state index contributed by atoms with van der Waals surface area (Å²) in [7, 11) is 0. The van der Waals surface area contributed by atoms with Gasteiger partial charge in [-0.2, -0.15) is 0 Å². The van der Waals surface area contributed by atoms with Crippen molar-refractivity contribution >= 4 is 17.6 Å². The summed E-state index contributed by atoms with van der Waals surface area (Å²) in [6.07, 6.45) is 0.877. The largest absolute Gasteiger partial charge is 0.297 e. The van der Waals surface area contributed by atoms with Gasteiger partial charge in [-0.25, -0.2) is 4.98 Å². The van der Waals surface area contributed by atoms with Gasteiger partial charge in [-0.3, -0.25) is 4.79 Å². The number of carbonyl (C=O) groups is 1. The van der Waals surface area contributed by atoms with Crippen LogP contribution in [0.5, 0.6) is 0 Å². The van der Waals surface area contributed by atoms with Crippen LogP contribution in [0.3, 0.4) is 0 Å². The number of hydrogen-bond acceptors (Lipinski definition) is 3. The van der Waals surface area contributed by atoms with E-state index in [1.807, 2.05) is 6.92 Å². The Morgan fingerprint density at radius 2 is 2.00 bits per heavy atom. The van der Waals surface area contributed by atoms with Crippen molar-refractivity contribution in [2.24, 2.45) is 0 Å². The molecule has 1 aromatic rings. The summed E-state index contributed by atoms with van der Waals surface area (Å²) in [6.45, 7) is 8.16. The third-order valence-electron chi connectivity index (χ3n) is 1.58. The molecule has 0 N–H and O–H groups in total. The predicted octanol–water partition coefficient (Wildman–Crippen LogP) is 2.56. The second-order valence-electron chi connectivity index (χ2n) is 3.84. The van der Waals surface area contributed by atoms with Crippen molar-refractivity contribution in [1.82, 2.24) is 4.98 Å². The molecule has 0 radical (unpaired) electrons. The number of aryl methyl sites for hydroxylation is 1. The van der Waals surface area contributed by atoms with E-state index in [0.29, 0.717) is 0 Å². The molecule has 1 aromatic heterocycles. The number of thiazole rings is 1. The van der Waals surface area contributed by atoms with Crippen LogP contribution in [0, 0.1) is 6.92 Å². The maximum Gasteiger partial charge on any atom is 0.161 e. The van der Waals surface area contributed by atoms with Gasteiger partial charge in [0.05, 0.1) is 15.6 Å². The predicted molar refractivity (Wildman–Crippen MR) is 50.9 cm³/mol. The van der Waals surface area contributed by atoms with E-state index in [-0.39, 0.29) is 5.41 Å². The Bertz CT molecular complexity index is 296. The highest BCUT2D eigenvalue weighted by atomic mass is 32.1. The molecule has 0 atom stereocenters. The molecule has 1 heterocycles.